The zero-order valence-corrected chi connectivity index (χ0v) is 8.24. The van der Waals surface area contributed by atoms with E-state index < -0.39 is 12.6 Å². The van der Waals surface area contributed by atoms with E-state index in [-0.39, 0.29) is 16.9 Å². The largest absolute Gasteiger partial charge is 0.465 e. The van der Waals surface area contributed by atoms with Gasteiger partial charge >= 0.3 is 12.6 Å². The van der Waals surface area contributed by atoms with E-state index in [0.29, 0.717) is 0 Å². The van der Waals surface area contributed by atoms with Crippen LogP contribution in [-0.2, 0) is 4.74 Å². The summed E-state index contributed by atoms with van der Waals surface area (Å²) in [7, 11) is 1.18. The lowest BCUT2D eigenvalue weighted by Gasteiger charge is -2.07. The third kappa shape index (κ3) is 2.67. The van der Waals surface area contributed by atoms with Crippen LogP contribution in [0.15, 0.2) is 18.2 Å². The zero-order valence-electron chi connectivity index (χ0n) is 8.24. The van der Waals surface area contributed by atoms with Crippen LogP contribution >= 0.6 is 0 Å². The number of methoxy groups -OCH3 is 1. The number of hydrogen-bond donors (Lipinski definition) is 0. The molecule has 4 nitrogen and oxygen atoms in total. The number of carbonyl (C=O) groups excluding carboxylic acids is 1. The van der Waals surface area contributed by atoms with Crippen molar-refractivity contribution in [2.45, 2.75) is 6.61 Å². The maximum absolute atomic E-state index is 11.9. The molecular formula is C10H7F2NO3. The molecule has 0 unspecified atom stereocenters. The molecule has 0 aliphatic rings. The van der Waals surface area contributed by atoms with E-state index in [2.05, 4.69) is 9.47 Å². The Morgan fingerprint density at radius 1 is 1.50 bits per heavy atom. The second-order valence-corrected chi connectivity index (χ2v) is 2.69. The number of benzene rings is 1. The molecule has 0 radical (unpaired) electrons. The van der Waals surface area contributed by atoms with Gasteiger partial charge in [-0.1, -0.05) is 0 Å². The monoisotopic (exact) mass is 227 g/mol. The first-order valence-electron chi connectivity index (χ1n) is 4.15. The fraction of sp³-hybridized carbons (Fsp3) is 0.200. The summed E-state index contributed by atoms with van der Waals surface area (Å²) < 4.78 is 32.4. The van der Waals surface area contributed by atoms with Crippen LogP contribution in [0.1, 0.15) is 15.9 Å². The summed E-state index contributed by atoms with van der Waals surface area (Å²) in [6.45, 7) is -3.02. The molecule has 0 saturated carbocycles. The second kappa shape index (κ2) is 5.07. The molecular weight excluding hydrogens is 220 g/mol. The van der Waals surface area contributed by atoms with Crippen molar-refractivity contribution in [1.82, 2.24) is 0 Å². The third-order valence-electron chi connectivity index (χ3n) is 1.74. The van der Waals surface area contributed by atoms with Gasteiger partial charge in [-0.3, -0.25) is 0 Å². The van der Waals surface area contributed by atoms with Crippen LogP contribution in [0.25, 0.3) is 0 Å². The minimum absolute atomic E-state index is 0.0978. The fourth-order valence-electron chi connectivity index (χ4n) is 1.06. The lowest BCUT2D eigenvalue weighted by atomic mass is 10.1. The molecule has 0 atom stereocenters. The maximum Gasteiger partial charge on any atom is 0.387 e. The Kier molecular flexibility index (Phi) is 3.78. The number of carbonyl (C=O) groups is 1. The van der Waals surface area contributed by atoms with Crippen LogP contribution in [0.5, 0.6) is 5.75 Å². The molecule has 0 saturated heterocycles. The van der Waals surface area contributed by atoms with Crippen molar-refractivity contribution in [1.29, 1.82) is 5.26 Å². The molecule has 1 aromatic rings. The molecule has 1 rings (SSSR count). The van der Waals surface area contributed by atoms with Gasteiger partial charge in [0, 0.05) is 0 Å². The van der Waals surface area contributed by atoms with Crippen LogP contribution in [-0.4, -0.2) is 19.7 Å². The minimum atomic E-state index is -3.02. The molecule has 84 valence electrons. The highest BCUT2D eigenvalue weighted by Crippen LogP contribution is 2.21. The van der Waals surface area contributed by atoms with Gasteiger partial charge in [0.15, 0.2) is 0 Å². The highest BCUT2D eigenvalue weighted by atomic mass is 19.3. The molecule has 6 heteroatoms. The van der Waals surface area contributed by atoms with E-state index in [1.165, 1.54) is 13.2 Å². The van der Waals surface area contributed by atoms with Gasteiger partial charge in [-0.2, -0.15) is 14.0 Å². The quantitative estimate of drug-likeness (QED) is 0.740. The predicted octanol–water partition coefficient (Wildman–Crippen LogP) is 1.95. The van der Waals surface area contributed by atoms with Gasteiger partial charge < -0.3 is 9.47 Å². The van der Waals surface area contributed by atoms with Gasteiger partial charge in [-0.15, -0.1) is 0 Å². The van der Waals surface area contributed by atoms with Crippen molar-refractivity contribution in [2.75, 3.05) is 7.11 Å². The summed E-state index contributed by atoms with van der Waals surface area (Å²) in [6, 6.07) is 5.15. The molecule has 1 aromatic carbocycles. The Balaban J connectivity index is 3.08. The zero-order chi connectivity index (χ0) is 12.1. The third-order valence-corrected chi connectivity index (χ3v) is 1.74. The van der Waals surface area contributed by atoms with E-state index >= 15 is 0 Å². The van der Waals surface area contributed by atoms with Crippen molar-refractivity contribution < 1.29 is 23.0 Å². The average Bonchev–Trinajstić information content (AvgIpc) is 2.27. The van der Waals surface area contributed by atoms with Gasteiger partial charge in [0.2, 0.25) is 0 Å². The van der Waals surface area contributed by atoms with Crippen molar-refractivity contribution in [2.24, 2.45) is 0 Å². The molecule has 0 fully saturated rings. The molecule has 0 spiro atoms. The summed E-state index contributed by atoms with van der Waals surface area (Å²) in [5, 5.41) is 8.68. The van der Waals surface area contributed by atoms with Crippen LogP contribution < -0.4 is 4.74 Å². The molecule has 0 aromatic heterocycles. The summed E-state index contributed by atoms with van der Waals surface area (Å²) in [6.07, 6.45) is 0. The van der Waals surface area contributed by atoms with Crippen LogP contribution in [0.3, 0.4) is 0 Å². The highest BCUT2D eigenvalue weighted by Gasteiger charge is 2.13. The minimum Gasteiger partial charge on any atom is -0.465 e. The number of ether oxygens (including phenoxy) is 2. The van der Waals surface area contributed by atoms with Gasteiger partial charge in [-0.05, 0) is 18.2 Å². The van der Waals surface area contributed by atoms with Gasteiger partial charge in [0.05, 0.1) is 18.2 Å². The summed E-state index contributed by atoms with van der Waals surface area (Å²) in [5.74, 6) is -0.926. The highest BCUT2D eigenvalue weighted by molar-refractivity contribution is 5.90. The van der Waals surface area contributed by atoms with E-state index in [4.69, 9.17) is 5.26 Å². The Morgan fingerprint density at radius 2 is 2.19 bits per heavy atom. The normalized spacial score (nSPS) is 9.69. The van der Waals surface area contributed by atoms with Crippen LogP contribution in [0.2, 0.25) is 0 Å². The first-order valence-corrected chi connectivity index (χ1v) is 4.15. The smallest absolute Gasteiger partial charge is 0.387 e. The first-order chi connectivity index (χ1) is 7.58. The predicted molar refractivity (Wildman–Crippen MR) is 49.1 cm³/mol. The number of halogens is 2. The molecule has 0 amide bonds. The van der Waals surface area contributed by atoms with Gasteiger partial charge in [0.25, 0.3) is 0 Å². The van der Waals surface area contributed by atoms with Crippen LogP contribution in [0, 0.1) is 11.3 Å². The Bertz CT molecular complexity index is 440. The number of esters is 1. The standard InChI is InChI=1S/C10H7F2NO3/c1-15-9(14)6-2-3-8(16-10(11)12)7(4-6)5-13/h2-4,10H,1H3. The van der Waals surface area contributed by atoms with Gasteiger partial charge in [-0.25, -0.2) is 4.79 Å². The molecule has 0 aliphatic heterocycles. The van der Waals surface area contributed by atoms with Crippen LogP contribution in [0.4, 0.5) is 8.78 Å². The lowest BCUT2D eigenvalue weighted by Crippen LogP contribution is -2.06. The average molecular weight is 227 g/mol. The van der Waals surface area contributed by atoms with Crippen molar-refractivity contribution in [3.63, 3.8) is 0 Å². The maximum atomic E-state index is 11.9. The van der Waals surface area contributed by atoms with E-state index in [1.54, 1.807) is 6.07 Å². The summed E-state index contributed by atoms with van der Waals surface area (Å²) >= 11 is 0. The van der Waals surface area contributed by atoms with Crippen molar-refractivity contribution >= 4 is 5.97 Å². The Hall–Kier alpha value is -2.16. The number of rotatable bonds is 3. The number of nitriles is 1. The number of nitrogens with zero attached hydrogens (tertiary/aromatic N) is 1. The van der Waals surface area contributed by atoms with E-state index in [1.807, 2.05) is 0 Å². The topological polar surface area (TPSA) is 59.3 Å². The van der Waals surface area contributed by atoms with E-state index in [0.717, 1.165) is 12.1 Å². The SMILES string of the molecule is COC(=O)c1ccc(OC(F)F)c(C#N)c1. The lowest BCUT2D eigenvalue weighted by molar-refractivity contribution is -0.0500. The van der Waals surface area contributed by atoms with Crippen molar-refractivity contribution in [3.05, 3.63) is 29.3 Å². The van der Waals surface area contributed by atoms with Crippen molar-refractivity contribution in [3.8, 4) is 11.8 Å². The summed E-state index contributed by atoms with van der Waals surface area (Å²) in [5.41, 5.74) is -0.0520. The Morgan fingerprint density at radius 3 is 2.69 bits per heavy atom. The molecule has 0 bridgehead atoms. The van der Waals surface area contributed by atoms with Gasteiger partial charge in [0.1, 0.15) is 11.8 Å². The van der Waals surface area contributed by atoms with E-state index in [9.17, 15) is 13.6 Å². The molecule has 0 aliphatic carbocycles. The first kappa shape index (κ1) is 11.9. The number of alkyl halides is 2. The molecule has 0 heterocycles. The Labute approximate surface area is 90.0 Å². The fourth-order valence-corrected chi connectivity index (χ4v) is 1.06. The molecule has 0 N–H and O–H groups in total. The number of hydrogen-bond acceptors (Lipinski definition) is 4. The molecule has 16 heavy (non-hydrogen) atoms. The second-order valence-electron chi connectivity index (χ2n) is 2.69. The summed E-state index contributed by atoms with van der Waals surface area (Å²) in [4.78, 5) is 11.1.